The topological polar surface area (TPSA) is 35.5 Å². The second kappa shape index (κ2) is 6.22. The molecule has 0 N–H and O–H groups in total. The van der Waals surface area contributed by atoms with Crippen molar-refractivity contribution in [3.8, 4) is 0 Å². The Morgan fingerprint density at radius 3 is 2.00 bits per heavy atom. The number of halogens is 7. The Kier molecular flexibility index (Phi) is 5.79. The number of hydrogen-bond donors (Lipinski definition) is 0. The maximum Gasteiger partial charge on any atom is 0.462 e. The van der Waals surface area contributed by atoms with Crippen molar-refractivity contribution in [2.45, 2.75) is 24.6 Å². The van der Waals surface area contributed by atoms with Crippen LogP contribution in [0.25, 0.3) is 0 Å². The first kappa shape index (κ1) is 17.7. The number of ether oxygens (including phenoxy) is 2. The highest BCUT2D eigenvalue weighted by atomic mass is 19.4. The molecule has 0 rings (SSSR count). The van der Waals surface area contributed by atoms with E-state index in [0.717, 1.165) is 6.08 Å². The summed E-state index contributed by atoms with van der Waals surface area (Å²) in [7, 11) is 0. The van der Waals surface area contributed by atoms with Gasteiger partial charge in [-0.1, -0.05) is 6.58 Å². The van der Waals surface area contributed by atoms with E-state index in [1.54, 1.807) is 0 Å². The minimum absolute atomic E-state index is 0.483. The standard InChI is InChI=1S/C9H9F7O3/c1-2-6(17)18-4-3-5-19-9(15,16)7(10,11)8(12,13)14/h2H,1,3-5H2. The highest BCUT2D eigenvalue weighted by Gasteiger charge is 2.74. The SMILES string of the molecule is C=CC(=O)OCCCOC(F)(F)C(F)(F)C(F)(F)F. The van der Waals surface area contributed by atoms with Gasteiger partial charge in [0.2, 0.25) is 0 Å². The predicted molar refractivity (Wildman–Crippen MR) is 47.7 cm³/mol. The number of carbonyl (C=O) groups is 1. The molecule has 0 bridgehead atoms. The highest BCUT2D eigenvalue weighted by molar-refractivity contribution is 5.81. The summed E-state index contributed by atoms with van der Waals surface area (Å²) in [5.41, 5.74) is 0. The van der Waals surface area contributed by atoms with Gasteiger partial charge in [-0.05, 0) is 0 Å². The van der Waals surface area contributed by atoms with E-state index in [1.807, 2.05) is 0 Å². The average molecular weight is 298 g/mol. The van der Waals surface area contributed by atoms with Crippen LogP contribution in [-0.2, 0) is 14.3 Å². The van der Waals surface area contributed by atoms with Gasteiger partial charge >= 0.3 is 24.2 Å². The first-order valence-electron chi connectivity index (χ1n) is 4.71. The molecule has 10 heteroatoms. The largest absolute Gasteiger partial charge is 0.462 e. The van der Waals surface area contributed by atoms with Crippen molar-refractivity contribution >= 4 is 5.97 Å². The fourth-order valence-corrected chi connectivity index (χ4v) is 0.747. The summed E-state index contributed by atoms with van der Waals surface area (Å²) in [4.78, 5) is 10.5. The molecule has 0 saturated heterocycles. The lowest BCUT2D eigenvalue weighted by Gasteiger charge is -2.27. The minimum atomic E-state index is -6.44. The van der Waals surface area contributed by atoms with Crippen LogP contribution in [0.1, 0.15) is 6.42 Å². The van der Waals surface area contributed by atoms with Crippen LogP contribution in [0.3, 0.4) is 0 Å². The van der Waals surface area contributed by atoms with Crippen molar-refractivity contribution in [3.63, 3.8) is 0 Å². The van der Waals surface area contributed by atoms with Gasteiger partial charge in [-0.2, -0.15) is 30.7 Å². The molecular weight excluding hydrogens is 289 g/mol. The molecule has 0 atom stereocenters. The lowest BCUT2D eigenvalue weighted by molar-refractivity contribution is -0.424. The van der Waals surface area contributed by atoms with E-state index in [2.05, 4.69) is 16.1 Å². The normalized spacial score (nSPS) is 13.2. The summed E-state index contributed by atoms with van der Waals surface area (Å²) in [5.74, 6) is -7.20. The molecule has 19 heavy (non-hydrogen) atoms. The van der Waals surface area contributed by atoms with Gasteiger partial charge in [0.15, 0.2) is 0 Å². The van der Waals surface area contributed by atoms with Crippen LogP contribution < -0.4 is 0 Å². The maximum atomic E-state index is 12.5. The molecule has 0 unspecified atom stereocenters. The number of hydrogen-bond acceptors (Lipinski definition) is 3. The van der Waals surface area contributed by atoms with Crippen molar-refractivity contribution in [2.75, 3.05) is 13.2 Å². The molecule has 0 aliphatic carbocycles. The van der Waals surface area contributed by atoms with E-state index < -0.39 is 43.8 Å². The zero-order valence-corrected chi connectivity index (χ0v) is 9.28. The number of rotatable bonds is 7. The van der Waals surface area contributed by atoms with Gasteiger partial charge in [0, 0.05) is 12.5 Å². The third-order valence-corrected chi connectivity index (χ3v) is 1.70. The summed E-state index contributed by atoms with van der Waals surface area (Å²) in [6, 6.07) is 0. The Hall–Kier alpha value is -1.32. The Labute approximate surface area is 103 Å². The van der Waals surface area contributed by atoms with E-state index in [1.165, 1.54) is 0 Å². The fourth-order valence-electron chi connectivity index (χ4n) is 0.747. The van der Waals surface area contributed by atoms with E-state index >= 15 is 0 Å². The molecule has 0 aromatic heterocycles. The van der Waals surface area contributed by atoms with Gasteiger partial charge in [0.25, 0.3) is 0 Å². The summed E-state index contributed by atoms with van der Waals surface area (Å²) in [6.45, 7) is 1.37. The van der Waals surface area contributed by atoms with E-state index in [0.29, 0.717) is 0 Å². The maximum absolute atomic E-state index is 12.5. The Bertz CT molecular complexity index is 324. The van der Waals surface area contributed by atoms with Gasteiger partial charge in [-0.3, -0.25) is 0 Å². The highest BCUT2D eigenvalue weighted by Crippen LogP contribution is 2.46. The number of carbonyl (C=O) groups excluding carboxylic acids is 1. The van der Waals surface area contributed by atoms with Gasteiger partial charge in [-0.15, -0.1) is 0 Å². The first-order chi connectivity index (χ1) is 8.45. The third kappa shape index (κ3) is 4.69. The minimum Gasteiger partial charge on any atom is -0.462 e. The Morgan fingerprint density at radius 1 is 1.05 bits per heavy atom. The van der Waals surface area contributed by atoms with Gasteiger partial charge in [-0.25, -0.2) is 4.79 Å². The number of alkyl halides is 7. The fraction of sp³-hybridized carbons (Fsp3) is 0.667. The van der Waals surface area contributed by atoms with Gasteiger partial charge in [0.1, 0.15) is 0 Å². The lowest BCUT2D eigenvalue weighted by Crippen LogP contribution is -2.53. The quantitative estimate of drug-likeness (QED) is 0.314. The molecule has 0 spiro atoms. The molecule has 0 fully saturated rings. The lowest BCUT2D eigenvalue weighted by atomic mass is 10.3. The summed E-state index contributed by atoms with van der Waals surface area (Å²) in [6.07, 6.45) is -11.9. The van der Waals surface area contributed by atoms with Gasteiger partial charge < -0.3 is 9.47 Å². The van der Waals surface area contributed by atoms with Crippen molar-refractivity contribution < 1.29 is 45.0 Å². The summed E-state index contributed by atoms with van der Waals surface area (Å²) in [5, 5.41) is 0. The summed E-state index contributed by atoms with van der Waals surface area (Å²) < 4.78 is 92.2. The Balaban J connectivity index is 4.25. The molecule has 0 amide bonds. The van der Waals surface area contributed by atoms with Crippen LogP contribution in [0.15, 0.2) is 12.7 Å². The van der Waals surface area contributed by atoms with Crippen LogP contribution in [0.2, 0.25) is 0 Å². The Morgan fingerprint density at radius 2 is 1.58 bits per heavy atom. The van der Waals surface area contributed by atoms with Crippen LogP contribution in [0.4, 0.5) is 30.7 Å². The molecule has 0 radical (unpaired) electrons. The van der Waals surface area contributed by atoms with E-state index in [4.69, 9.17) is 0 Å². The van der Waals surface area contributed by atoms with Crippen LogP contribution in [0.5, 0.6) is 0 Å². The van der Waals surface area contributed by atoms with Crippen molar-refractivity contribution in [1.29, 1.82) is 0 Å². The molecule has 0 aromatic rings. The predicted octanol–water partition coefficient (Wildman–Crippen LogP) is 2.91. The van der Waals surface area contributed by atoms with E-state index in [9.17, 15) is 35.5 Å². The third-order valence-electron chi connectivity index (χ3n) is 1.70. The monoisotopic (exact) mass is 298 g/mol. The molecule has 112 valence electrons. The average Bonchev–Trinajstić information content (AvgIpc) is 2.26. The zero-order chi connectivity index (χ0) is 15.3. The molecule has 0 aliphatic heterocycles. The van der Waals surface area contributed by atoms with Crippen molar-refractivity contribution in [2.24, 2.45) is 0 Å². The van der Waals surface area contributed by atoms with Gasteiger partial charge in [0.05, 0.1) is 13.2 Å². The van der Waals surface area contributed by atoms with Crippen molar-refractivity contribution in [3.05, 3.63) is 12.7 Å². The van der Waals surface area contributed by atoms with Crippen LogP contribution >= 0.6 is 0 Å². The smallest absolute Gasteiger partial charge is 0.462 e. The summed E-state index contributed by atoms with van der Waals surface area (Å²) >= 11 is 0. The van der Waals surface area contributed by atoms with E-state index in [-0.39, 0.29) is 0 Å². The molecule has 0 heterocycles. The second-order valence-corrected chi connectivity index (χ2v) is 3.16. The molecular formula is C9H9F7O3. The first-order valence-corrected chi connectivity index (χ1v) is 4.71. The van der Waals surface area contributed by atoms with Crippen LogP contribution in [-0.4, -0.2) is 37.4 Å². The molecule has 3 nitrogen and oxygen atoms in total. The molecule has 0 aliphatic rings. The number of esters is 1. The molecule has 0 saturated carbocycles. The second-order valence-electron chi connectivity index (χ2n) is 3.16. The van der Waals surface area contributed by atoms with Crippen LogP contribution in [0, 0.1) is 0 Å². The van der Waals surface area contributed by atoms with Crippen molar-refractivity contribution in [1.82, 2.24) is 0 Å². The molecule has 0 aromatic carbocycles. The zero-order valence-electron chi connectivity index (χ0n) is 9.28.